The highest BCUT2D eigenvalue weighted by atomic mass is 35.5. The maximum atomic E-state index is 12.8. The molecular weight excluding hydrogens is 435 g/mol. The minimum absolute atomic E-state index is 0. The van der Waals surface area contributed by atoms with Gasteiger partial charge in [0.2, 0.25) is 11.8 Å². The fraction of sp³-hybridized carbons (Fsp3) is 0.565. The van der Waals surface area contributed by atoms with E-state index in [0.717, 1.165) is 74.3 Å². The average molecular weight is 467 g/mol. The van der Waals surface area contributed by atoms with Crippen LogP contribution in [0.3, 0.4) is 0 Å². The average Bonchev–Trinajstić information content (AvgIpc) is 3.19. The van der Waals surface area contributed by atoms with Gasteiger partial charge >= 0.3 is 0 Å². The van der Waals surface area contributed by atoms with Gasteiger partial charge in [0, 0.05) is 31.0 Å². The molecule has 170 valence electrons. The molecule has 3 atom stereocenters. The van der Waals surface area contributed by atoms with E-state index < -0.39 is 0 Å². The van der Waals surface area contributed by atoms with E-state index in [1.165, 1.54) is 6.42 Å². The molecule has 8 heteroatoms. The molecule has 5 rings (SSSR count). The third-order valence-electron chi connectivity index (χ3n) is 6.72. The molecule has 1 aromatic carbocycles. The summed E-state index contributed by atoms with van der Waals surface area (Å²) in [7, 11) is 0. The van der Waals surface area contributed by atoms with Crippen molar-refractivity contribution < 1.29 is 9.21 Å². The lowest BCUT2D eigenvalue weighted by atomic mass is 9.80. The summed E-state index contributed by atoms with van der Waals surface area (Å²) in [4.78, 5) is 19.4. The fourth-order valence-electron chi connectivity index (χ4n) is 5.10. The summed E-state index contributed by atoms with van der Waals surface area (Å²) in [5.41, 5.74) is 1.90. The Morgan fingerprint density at radius 3 is 2.84 bits per heavy atom. The first-order valence-corrected chi connectivity index (χ1v) is 11.0. The lowest BCUT2D eigenvalue weighted by molar-refractivity contribution is -0.132. The van der Waals surface area contributed by atoms with Crippen molar-refractivity contribution in [1.29, 1.82) is 0 Å². The zero-order valence-electron chi connectivity index (χ0n) is 17.7. The van der Waals surface area contributed by atoms with Crippen molar-refractivity contribution in [2.45, 2.75) is 44.7 Å². The fourth-order valence-corrected chi connectivity index (χ4v) is 5.10. The number of nitrogens with zero attached hydrogens (tertiary/aromatic N) is 2. The molecule has 4 heterocycles. The van der Waals surface area contributed by atoms with Crippen LogP contribution >= 0.6 is 24.8 Å². The number of halogens is 2. The van der Waals surface area contributed by atoms with Gasteiger partial charge in [0.1, 0.15) is 11.5 Å². The molecule has 0 saturated carbocycles. The summed E-state index contributed by atoms with van der Waals surface area (Å²) in [6.45, 7) is 4.69. The van der Waals surface area contributed by atoms with Crippen molar-refractivity contribution in [3.05, 3.63) is 41.8 Å². The Kier molecular flexibility index (Phi) is 8.39. The number of piperidine rings is 2. The molecule has 0 radical (unpaired) electrons. The Hall–Kier alpha value is -1.60. The second-order valence-corrected chi connectivity index (χ2v) is 8.75. The molecule has 3 aliphatic heterocycles. The minimum Gasteiger partial charge on any atom is -0.441 e. The van der Waals surface area contributed by atoms with E-state index in [-0.39, 0.29) is 30.7 Å². The number of oxazole rings is 1. The van der Waals surface area contributed by atoms with Crippen molar-refractivity contribution in [3.8, 4) is 11.5 Å². The summed E-state index contributed by atoms with van der Waals surface area (Å²) in [5, 5.41) is 7.28. The van der Waals surface area contributed by atoms with Crippen LogP contribution in [0, 0.1) is 11.8 Å². The summed E-state index contributed by atoms with van der Waals surface area (Å²) in [6.07, 6.45) is 4.76. The number of amides is 1. The predicted octanol–water partition coefficient (Wildman–Crippen LogP) is 3.44. The molecule has 1 aromatic heterocycles. The monoisotopic (exact) mass is 466 g/mol. The zero-order valence-corrected chi connectivity index (χ0v) is 19.4. The maximum absolute atomic E-state index is 12.8. The molecule has 3 aliphatic rings. The van der Waals surface area contributed by atoms with Gasteiger partial charge in [-0.3, -0.25) is 4.79 Å². The Morgan fingerprint density at radius 1 is 1.16 bits per heavy atom. The van der Waals surface area contributed by atoms with Crippen LogP contribution in [-0.2, 0) is 17.8 Å². The number of hydrogen-bond donors (Lipinski definition) is 2. The quantitative estimate of drug-likeness (QED) is 0.705. The van der Waals surface area contributed by atoms with Gasteiger partial charge in [-0.25, -0.2) is 4.98 Å². The van der Waals surface area contributed by atoms with Crippen molar-refractivity contribution >= 4 is 30.7 Å². The van der Waals surface area contributed by atoms with Crippen LogP contribution in [0.5, 0.6) is 0 Å². The number of carbonyl (C=O) groups is 1. The molecule has 0 aliphatic carbocycles. The smallest absolute Gasteiger partial charge is 0.226 e. The van der Waals surface area contributed by atoms with E-state index >= 15 is 0 Å². The van der Waals surface area contributed by atoms with Gasteiger partial charge in [0.05, 0.1) is 6.54 Å². The maximum Gasteiger partial charge on any atom is 0.226 e. The first-order chi connectivity index (χ1) is 14.3. The Labute approximate surface area is 196 Å². The molecule has 2 N–H and O–H groups in total. The highest BCUT2D eigenvalue weighted by Crippen LogP contribution is 2.28. The molecule has 2 aromatic rings. The normalized spacial score (nSPS) is 24.5. The third-order valence-corrected chi connectivity index (χ3v) is 6.72. The van der Waals surface area contributed by atoms with E-state index in [1.54, 1.807) is 0 Å². The van der Waals surface area contributed by atoms with E-state index in [9.17, 15) is 4.79 Å². The molecule has 2 fully saturated rings. The standard InChI is InChI=1S/C23H30N4O2.2ClH/c28-22(8-4-7-19-18-11-16(13-25-19)12-24-14-18)27-10-9-21-20(15-27)26-23(29-21)17-5-2-1-3-6-17;;/h1-3,5-6,16,18-19,24-25H,4,7-15H2;2*1H/t16-,18+,19-;;/m0../s1. The second kappa shape index (κ2) is 10.8. The SMILES string of the molecule is Cl.Cl.O=C(CCC[C@@H]1NC[C@@H]2CNC[C@H]1C2)N1CCc2oc(-c3ccccc3)nc2C1. The molecule has 2 bridgehead atoms. The lowest BCUT2D eigenvalue weighted by Crippen LogP contribution is -2.54. The molecular formula is C23H32Cl2N4O2. The zero-order chi connectivity index (χ0) is 19.6. The number of fused-ring (bicyclic) bond motifs is 3. The van der Waals surface area contributed by atoms with Crippen molar-refractivity contribution in [2.24, 2.45) is 11.8 Å². The number of aromatic nitrogens is 1. The van der Waals surface area contributed by atoms with Crippen LogP contribution in [0.4, 0.5) is 0 Å². The lowest BCUT2D eigenvalue weighted by Gasteiger charge is -2.41. The third kappa shape index (κ3) is 5.43. The van der Waals surface area contributed by atoms with E-state index in [2.05, 4.69) is 15.6 Å². The van der Waals surface area contributed by atoms with Crippen LogP contribution in [0.25, 0.3) is 11.5 Å². The van der Waals surface area contributed by atoms with Crippen LogP contribution in [0.1, 0.15) is 37.1 Å². The van der Waals surface area contributed by atoms with Gasteiger partial charge in [0.15, 0.2) is 0 Å². The molecule has 6 nitrogen and oxygen atoms in total. The first-order valence-electron chi connectivity index (χ1n) is 11.0. The van der Waals surface area contributed by atoms with Gasteiger partial charge in [-0.2, -0.15) is 0 Å². The van der Waals surface area contributed by atoms with Gasteiger partial charge in [0.25, 0.3) is 0 Å². The van der Waals surface area contributed by atoms with Crippen molar-refractivity contribution in [3.63, 3.8) is 0 Å². The van der Waals surface area contributed by atoms with Crippen LogP contribution < -0.4 is 10.6 Å². The van der Waals surface area contributed by atoms with Crippen LogP contribution in [-0.4, -0.2) is 48.0 Å². The number of benzene rings is 1. The largest absolute Gasteiger partial charge is 0.441 e. The first kappa shape index (κ1) is 24.1. The molecule has 1 amide bonds. The van der Waals surface area contributed by atoms with Crippen LogP contribution in [0.2, 0.25) is 0 Å². The second-order valence-electron chi connectivity index (χ2n) is 8.75. The Balaban J connectivity index is 0.00000136. The van der Waals surface area contributed by atoms with Gasteiger partial charge in [-0.1, -0.05) is 18.2 Å². The Morgan fingerprint density at radius 2 is 2.00 bits per heavy atom. The van der Waals surface area contributed by atoms with E-state index in [1.807, 2.05) is 35.2 Å². The molecule has 31 heavy (non-hydrogen) atoms. The molecule has 0 spiro atoms. The highest BCUT2D eigenvalue weighted by molar-refractivity contribution is 5.85. The van der Waals surface area contributed by atoms with Gasteiger partial charge < -0.3 is 20.0 Å². The van der Waals surface area contributed by atoms with Gasteiger partial charge in [-0.05, 0) is 62.9 Å². The van der Waals surface area contributed by atoms with Crippen molar-refractivity contribution in [1.82, 2.24) is 20.5 Å². The van der Waals surface area contributed by atoms with E-state index in [4.69, 9.17) is 4.42 Å². The summed E-state index contributed by atoms with van der Waals surface area (Å²) in [5.74, 6) is 3.35. The number of nitrogens with one attached hydrogen (secondary N) is 2. The molecule has 2 saturated heterocycles. The highest BCUT2D eigenvalue weighted by Gasteiger charge is 2.33. The number of carbonyl (C=O) groups excluding carboxylic acids is 1. The van der Waals surface area contributed by atoms with Gasteiger partial charge in [-0.15, -0.1) is 24.8 Å². The predicted molar refractivity (Wildman–Crippen MR) is 126 cm³/mol. The Bertz CT molecular complexity index is 861. The van der Waals surface area contributed by atoms with Crippen molar-refractivity contribution in [2.75, 3.05) is 26.2 Å². The number of rotatable bonds is 5. The number of hydrogen-bond acceptors (Lipinski definition) is 5. The molecule has 0 unspecified atom stereocenters. The summed E-state index contributed by atoms with van der Waals surface area (Å²) < 4.78 is 5.96. The topological polar surface area (TPSA) is 70.4 Å². The van der Waals surface area contributed by atoms with E-state index in [0.29, 0.717) is 24.9 Å². The van der Waals surface area contributed by atoms with Crippen LogP contribution in [0.15, 0.2) is 34.7 Å². The summed E-state index contributed by atoms with van der Waals surface area (Å²) >= 11 is 0. The minimum atomic E-state index is 0. The summed E-state index contributed by atoms with van der Waals surface area (Å²) in [6, 6.07) is 10.5.